The summed E-state index contributed by atoms with van der Waals surface area (Å²) < 4.78 is 0.631. The zero-order valence-corrected chi connectivity index (χ0v) is 13.5. The Labute approximate surface area is 136 Å². The number of halogens is 1. The number of nitrogens with one attached hydrogen (secondary N) is 2. The molecule has 22 heavy (non-hydrogen) atoms. The van der Waals surface area contributed by atoms with E-state index in [1.807, 2.05) is 31.2 Å². The van der Waals surface area contributed by atoms with Crippen molar-refractivity contribution in [3.63, 3.8) is 0 Å². The minimum Gasteiger partial charge on any atom is -0.481 e. The molecular weight excluding hydrogens is 348 g/mol. The largest absolute Gasteiger partial charge is 0.481 e. The van der Waals surface area contributed by atoms with Crippen molar-refractivity contribution in [2.45, 2.75) is 13.3 Å². The Balaban J connectivity index is 2.05. The molecule has 0 bridgehead atoms. The summed E-state index contributed by atoms with van der Waals surface area (Å²) in [5, 5.41) is 14.3. The molecule has 0 saturated heterocycles. The molecule has 0 unspecified atom stereocenters. The lowest BCUT2D eigenvalue weighted by atomic mass is 10.1. The van der Waals surface area contributed by atoms with Crippen LogP contribution in [0.3, 0.4) is 0 Å². The van der Waals surface area contributed by atoms with Gasteiger partial charge in [-0.15, -0.1) is 0 Å². The minimum absolute atomic E-state index is 0.0612. The fourth-order valence-corrected chi connectivity index (χ4v) is 2.46. The molecule has 2 amide bonds. The lowest BCUT2D eigenvalue weighted by molar-refractivity contribution is -0.136. The molecule has 0 aromatic heterocycles. The van der Waals surface area contributed by atoms with E-state index in [0.717, 1.165) is 11.3 Å². The number of amides is 2. The van der Waals surface area contributed by atoms with Gasteiger partial charge in [-0.05, 0) is 52.2 Å². The van der Waals surface area contributed by atoms with Gasteiger partial charge < -0.3 is 15.7 Å². The van der Waals surface area contributed by atoms with Crippen LogP contribution in [0, 0.1) is 6.92 Å². The molecule has 2 aromatic rings. The average Bonchev–Trinajstić information content (AvgIpc) is 2.44. The van der Waals surface area contributed by atoms with Gasteiger partial charge in [0, 0.05) is 10.2 Å². The third-order valence-electron chi connectivity index (χ3n) is 3.03. The summed E-state index contributed by atoms with van der Waals surface area (Å²) in [5.74, 6) is -0.898. The number of urea groups is 1. The number of carbonyl (C=O) groups excluding carboxylic acids is 1. The highest BCUT2D eigenvalue weighted by atomic mass is 79.9. The lowest BCUT2D eigenvalue weighted by Crippen LogP contribution is -2.20. The SMILES string of the molecule is Cc1ccccc1NC(=O)Nc1ccc(CC(=O)O)cc1Br. The van der Waals surface area contributed by atoms with Gasteiger partial charge in [0.25, 0.3) is 0 Å². The second-order valence-electron chi connectivity index (χ2n) is 4.78. The van der Waals surface area contributed by atoms with E-state index < -0.39 is 5.97 Å². The minimum atomic E-state index is -0.898. The maximum absolute atomic E-state index is 12.0. The molecule has 6 heteroatoms. The van der Waals surface area contributed by atoms with Crippen molar-refractivity contribution in [2.24, 2.45) is 0 Å². The van der Waals surface area contributed by atoms with Crippen LogP contribution < -0.4 is 10.6 Å². The summed E-state index contributed by atoms with van der Waals surface area (Å²) in [4.78, 5) is 22.7. The van der Waals surface area contributed by atoms with Gasteiger partial charge in [0.1, 0.15) is 0 Å². The Hall–Kier alpha value is -2.34. The maximum atomic E-state index is 12.0. The molecule has 0 aliphatic heterocycles. The van der Waals surface area contributed by atoms with Crippen LogP contribution in [-0.2, 0) is 11.2 Å². The zero-order valence-electron chi connectivity index (χ0n) is 11.9. The van der Waals surface area contributed by atoms with Crippen LogP contribution >= 0.6 is 15.9 Å². The van der Waals surface area contributed by atoms with Crippen LogP contribution in [0.5, 0.6) is 0 Å². The predicted octanol–water partition coefficient (Wildman–Crippen LogP) is 4.03. The molecule has 0 heterocycles. The van der Waals surface area contributed by atoms with Crippen molar-refractivity contribution in [3.05, 3.63) is 58.1 Å². The summed E-state index contributed by atoms with van der Waals surface area (Å²) >= 11 is 3.33. The molecule has 5 nitrogen and oxygen atoms in total. The number of hydrogen-bond acceptors (Lipinski definition) is 2. The third-order valence-corrected chi connectivity index (χ3v) is 3.69. The smallest absolute Gasteiger partial charge is 0.323 e. The van der Waals surface area contributed by atoms with Crippen LogP contribution in [0.2, 0.25) is 0 Å². The Morgan fingerprint density at radius 3 is 2.41 bits per heavy atom. The molecule has 0 fully saturated rings. The first-order chi connectivity index (χ1) is 10.5. The average molecular weight is 363 g/mol. The molecule has 0 aliphatic carbocycles. The van der Waals surface area contributed by atoms with Gasteiger partial charge in [0.05, 0.1) is 12.1 Å². The van der Waals surface area contributed by atoms with E-state index in [2.05, 4.69) is 26.6 Å². The van der Waals surface area contributed by atoms with Crippen LogP contribution in [0.15, 0.2) is 46.9 Å². The number of aryl methyl sites for hydroxylation is 1. The van der Waals surface area contributed by atoms with Crippen LogP contribution in [-0.4, -0.2) is 17.1 Å². The molecule has 0 atom stereocenters. The number of benzene rings is 2. The van der Waals surface area contributed by atoms with Crippen molar-refractivity contribution >= 4 is 39.3 Å². The van der Waals surface area contributed by atoms with Crippen molar-refractivity contribution in [1.29, 1.82) is 0 Å². The van der Waals surface area contributed by atoms with Crippen molar-refractivity contribution in [2.75, 3.05) is 10.6 Å². The molecule has 3 N–H and O–H groups in total. The van der Waals surface area contributed by atoms with Crippen molar-refractivity contribution in [1.82, 2.24) is 0 Å². The molecular formula is C16H15BrN2O3. The van der Waals surface area contributed by atoms with Crippen LogP contribution in [0.25, 0.3) is 0 Å². The highest BCUT2D eigenvalue weighted by molar-refractivity contribution is 9.10. The Morgan fingerprint density at radius 2 is 1.77 bits per heavy atom. The molecule has 2 rings (SSSR count). The van der Waals surface area contributed by atoms with E-state index in [-0.39, 0.29) is 12.5 Å². The quantitative estimate of drug-likeness (QED) is 0.768. The number of carboxylic acid groups (broad SMARTS) is 1. The zero-order chi connectivity index (χ0) is 16.1. The highest BCUT2D eigenvalue weighted by Gasteiger charge is 2.09. The van der Waals surface area contributed by atoms with Gasteiger partial charge in [-0.3, -0.25) is 4.79 Å². The predicted molar refractivity (Wildman–Crippen MR) is 89.3 cm³/mol. The first-order valence-electron chi connectivity index (χ1n) is 6.59. The van der Waals surface area contributed by atoms with Gasteiger partial charge in [0.15, 0.2) is 0 Å². The normalized spacial score (nSPS) is 10.1. The van der Waals surface area contributed by atoms with E-state index in [0.29, 0.717) is 15.7 Å². The summed E-state index contributed by atoms with van der Waals surface area (Å²) in [6, 6.07) is 12.1. The lowest BCUT2D eigenvalue weighted by Gasteiger charge is -2.11. The fourth-order valence-electron chi connectivity index (χ4n) is 1.93. The topological polar surface area (TPSA) is 78.4 Å². The first-order valence-corrected chi connectivity index (χ1v) is 7.39. The standard InChI is InChI=1S/C16H15BrN2O3/c1-10-4-2-3-5-13(10)18-16(22)19-14-7-6-11(8-12(14)17)9-15(20)21/h2-8H,9H2,1H3,(H,20,21)(H2,18,19,22). The van der Waals surface area contributed by atoms with Gasteiger partial charge in [-0.25, -0.2) is 4.79 Å². The third kappa shape index (κ3) is 4.33. The van der Waals surface area contributed by atoms with Gasteiger partial charge in [0.2, 0.25) is 0 Å². The molecule has 114 valence electrons. The first kappa shape index (κ1) is 16.0. The number of carboxylic acids is 1. The second-order valence-corrected chi connectivity index (χ2v) is 5.63. The molecule has 0 aliphatic rings. The highest BCUT2D eigenvalue weighted by Crippen LogP contribution is 2.24. The van der Waals surface area contributed by atoms with Crippen molar-refractivity contribution in [3.8, 4) is 0 Å². The van der Waals surface area contributed by atoms with Gasteiger partial charge in [-0.1, -0.05) is 24.3 Å². The number of carbonyl (C=O) groups is 2. The number of anilines is 2. The summed E-state index contributed by atoms with van der Waals surface area (Å²) in [7, 11) is 0. The summed E-state index contributed by atoms with van der Waals surface area (Å²) in [6.45, 7) is 1.91. The summed E-state index contributed by atoms with van der Waals surface area (Å²) in [5.41, 5.74) is 2.93. The van der Waals surface area contributed by atoms with E-state index >= 15 is 0 Å². The van der Waals surface area contributed by atoms with Crippen LogP contribution in [0.4, 0.5) is 16.2 Å². The molecule has 0 radical (unpaired) electrons. The van der Waals surface area contributed by atoms with E-state index in [1.54, 1.807) is 18.2 Å². The van der Waals surface area contributed by atoms with Crippen LogP contribution in [0.1, 0.15) is 11.1 Å². The monoisotopic (exact) mass is 362 g/mol. The number of hydrogen-bond donors (Lipinski definition) is 3. The molecule has 0 spiro atoms. The van der Waals surface area contributed by atoms with Crippen molar-refractivity contribution < 1.29 is 14.7 Å². The second kappa shape index (κ2) is 7.09. The number of rotatable bonds is 4. The number of aliphatic carboxylic acids is 1. The molecule has 2 aromatic carbocycles. The van der Waals surface area contributed by atoms with E-state index in [1.165, 1.54) is 0 Å². The summed E-state index contributed by atoms with van der Waals surface area (Å²) in [6.07, 6.45) is -0.0612. The Morgan fingerprint density at radius 1 is 1.09 bits per heavy atom. The van der Waals surface area contributed by atoms with E-state index in [4.69, 9.17) is 5.11 Å². The number of para-hydroxylation sites is 1. The van der Waals surface area contributed by atoms with E-state index in [9.17, 15) is 9.59 Å². The fraction of sp³-hybridized carbons (Fsp3) is 0.125. The van der Waals surface area contributed by atoms with Gasteiger partial charge >= 0.3 is 12.0 Å². The molecule has 0 saturated carbocycles. The maximum Gasteiger partial charge on any atom is 0.323 e. The van der Waals surface area contributed by atoms with Gasteiger partial charge in [-0.2, -0.15) is 0 Å². The Kier molecular flexibility index (Phi) is 5.16. The Bertz CT molecular complexity index is 716.